The molecule has 0 amide bonds. The van der Waals surface area contributed by atoms with Crippen molar-refractivity contribution in [1.29, 1.82) is 0 Å². The van der Waals surface area contributed by atoms with Gasteiger partial charge in [-0.2, -0.15) is 13.2 Å². The zero-order chi connectivity index (χ0) is 11.6. The number of hydrogen-bond donors (Lipinski definition) is 1. The normalized spacial score (nSPS) is 13.7. The number of rotatable bonds is 2. The summed E-state index contributed by atoms with van der Waals surface area (Å²) in [4.78, 5) is 3.53. The molecule has 0 aliphatic rings. The Bertz CT molecular complexity index is 356. The molecule has 0 aliphatic carbocycles. The van der Waals surface area contributed by atoms with Crippen molar-refractivity contribution in [2.24, 2.45) is 0 Å². The number of aliphatic hydroxyl groups is 1. The zero-order valence-electron chi connectivity index (χ0n) is 7.55. The van der Waals surface area contributed by atoms with Crippen molar-refractivity contribution >= 4 is 11.6 Å². The molecule has 0 spiro atoms. The fourth-order valence-electron chi connectivity index (χ4n) is 1.01. The zero-order valence-corrected chi connectivity index (χ0v) is 8.30. The number of hydrogen-bond acceptors (Lipinski definition) is 3. The van der Waals surface area contributed by atoms with Crippen LogP contribution in [-0.2, 0) is 0 Å². The lowest BCUT2D eigenvalue weighted by atomic mass is 10.1. The van der Waals surface area contributed by atoms with Crippen molar-refractivity contribution in [3.8, 4) is 5.88 Å². The number of aromatic nitrogens is 1. The minimum Gasteiger partial charge on any atom is -0.481 e. The van der Waals surface area contributed by atoms with Crippen LogP contribution in [0, 0.1) is 0 Å². The van der Waals surface area contributed by atoms with E-state index in [0.717, 1.165) is 13.2 Å². The first-order valence-electron chi connectivity index (χ1n) is 3.81. The van der Waals surface area contributed by atoms with Gasteiger partial charge in [0.2, 0.25) is 5.88 Å². The third kappa shape index (κ3) is 2.51. The van der Waals surface area contributed by atoms with Gasteiger partial charge in [0, 0.05) is 6.20 Å². The molecule has 0 fully saturated rings. The van der Waals surface area contributed by atoms with E-state index in [2.05, 4.69) is 9.72 Å². The molecule has 0 saturated heterocycles. The molecule has 7 heteroatoms. The van der Waals surface area contributed by atoms with E-state index in [9.17, 15) is 13.2 Å². The molecule has 0 saturated carbocycles. The van der Waals surface area contributed by atoms with Crippen LogP contribution < -0.4 is 4.74 Å². The minimum absolute atomic E-state index is 0.244. The molecule has 0 radical (unpaired) electrons. The third-order valence-corrected chi connectivity index (χ3v) is 2.01. The second kappa shape index (κ2) is 4.24. The number of ether oxygens (including phenoxy) is 1. The van der Waals surface area contributed by atoms with E-state index in [-0.39, 0.29) is 10.9 Å². The third-order valence-electron chi connectivity index (χ3n) is 1.68. The molecule has 1 aromatic heterocycles. The maximum absolute atomic E-state index is 12.2. The second-order valence-corrected chi connectivity index (χ2v) is 3.07. The van der Waals surface area contributed by atoms with Crippen molar-refractivity contribution in [1.82, 2.24) is 4.98 Å². The maximum atomic E-state index is 12.2. The number of methoxy groups -OCH3 is 1. The van der Waals surface area contributed by atoms with Gasteiger partial charge >= 0.3 is 6.18 Å². The van der Waals surface area contributed by atoms with Crippen LogP contribution in [0.25, 0.3) is 0 Å². The van der Waals surface area contributed by atoms with Gasteiger partial charge in [-0.3, -0.25) is 0 Å². The van der Waals surface area contributed by atoms with Gasteiger partial charge in [0.05, 0.1) is 17.7 Å². The summed E-state index contributed by atoms with van der Waals surface area (Å²) in [5.74, 6) is -0.340. The predicted octanol–water partition coefficient (Wildman–Crippen LogP) is 2.34. The number of alkyl halides is 3. The summed E-state index contributed by atoms with van der Waals surface area (Å²) < 4.78 is 41.3. The smallest absolute Gasteiger partial charge is 0.418 e. The van der Waals surface area contributed by atoms with Gasteiger partial charge in [0.15, 0.2) is 6.10 Å². The average molecular weight is 242 g/mol. The number of halogens is 4. The van der Waals surface area contributed by atoms with Crippen LogP contribution in [0.1, 0.15) is 11.7 Å². The summed E-state index contributed by atoms with van der Waals surface area (Å²) >= 11 is 5.53. The van der Waals surface area contributed by atoms with Crippen molar-refractivity contribution in [2.75, 3.05) is 7.11 Å². The van der Waals surface area contributed by atoms with Gasteiger partial charge in [-0.1, -0.05) is 11.6 Å². The largest absolute Gasteiger partial charge is 0.481 e. The highest BCUT2D eigenvalue weighted by molar-refractivity contribution is 6.31. The highest BCUT2D eigenvalue weighted by Gasteiger charge is 2.42. The number of aliphatic hydroxyl groups excluding tert-OH is 1. The van der Waals surface area contributed by atoms with E-state index in [1.165, 1.54) is 6.20 Å². The Morgan fingerprint density at radius 1 is 1.53 bits per heavy atom. The quantitative estimate of drug-likeness (QED) is 0.864. The molecule has 1 N–H and O–H groups in total. The molecular formula is C8H7ClF3NO2. The predicted molar refractivity (Wildman–Crippen MR) is 46.8 cm³/mol. The Morgan fingerprint density at radius 2 is 2.13 bits per heavy atom. The van der Waals surface area contributed by atoms with Gasteiger partial charge in [0.25, 0.3) is 0 Å². The van der Waals surface area contributed by atoms with Crippen molar-refractivity contribution in [2.45, 2.75) is 12.3 Å². The van der Waals surface area contributed by atoms with Crippen molar-refractivity contribution in [3.05, 3.63) is 22.8 Å². The number of nitrogens with zero attached hydrogens (tertiary/aromatic N) is 1. The molecule has 1 heterocycles. The fraction of sp³-hybridized carbons (Fsp3) is 0.375. The van der Waals surface area contributed by atoms with Gasteiger partial charge < -0.3 is 9.84 Å². The molecule has 0 aliphatic heterocycles. The van der Waals surface area contributed by atoms with Crippen LogP contribution in [0.4, 0.5) is 13.2 Å². The second-order valence-electron chi connectivity index (χ2n) is 2.66. The molecule has 15 heavy (non-hydrogen) atoms. The van der Waals surface area contributed by atoms with Gasteiger partial charge in [-0.25, -0.2) is 4.98 Å². The molecule has 3 nitrogen and oxygen atoms in total. The minimum atomic E-state index is -4.81. The Kier molecular flexibility index (Phi) is 3.41. The summed E-state index contributed by atoms with van der Waals surface area (Å²) in [5.41, 5.74) is -0.575. The SMILES string of the molecule is COc1nccc(Cl)c1C(O)C(F)(F)F. The van der Waals surface area contributed by atoms with Gasteiger partial charge in [-0.05, 0) is 6.07 Å². The van der Waals surface area contributed by atoms with Crippen molar-refractivity contribution < 1.29 is 23.0 Å². The molecule has 1 aromatic rings. The Labute approximate surface area is 88.5 Å². The Balaban J connectivity index is 3.23. The molecule has 84 valence electrons. The van der Waals surface area contributed by atoms with Gasteiger partial charge in [-0.15, -0.1) is 0 Å². The standard InChI is InChI=1S/C8H7ClF3NO2/c1-15-7-5(4(9)2-3-13-7)6(14)8(10,11)12/h2-3,6,14H,1H3. The number of pyridine rings is 1. The lowest BCUT2D eigenvalue weighted by Crippen LogP contribution is -2.21. The Hall–Kier alpha value is -1.01. The first-order valence-corrected chi connectivity index (χ1v) is 4.19. The van der Waals surface area contributed by atoms with Crippen LogP contribution >= 0.6 is 11.6 Å². The molecular weight excluding hydrogens is 235 g/mol. The van der Waals surface area contributed by atoms with Gasteiger partial charge in [0.1, 0.15) is 0 Å². The molecule has 0 bridgehead atoms. The first-order chi connectivity index (χ1) is 6.88. The lowest BCUT2D eigenvalue weighted by molar-refractivity contribution is -0.207. The summed E-state index contributed by atoms with van der Waals surface area (Å²) in [5, 5.41) is 8.78. The Morgan fingerprint density at radius 3 is 2.60 bits per heavy atom. The van der Waals surface area contributed by atoms with E-state index in [0.29, 0.717) is 0 Å². The summed E-state index contributed by atoms with van der Waals surface area (Å²) in [6, 6.07) is 1.15. The van der Waals surface area contributed by atoms with E-state index in [1.807, 2.05) is 0 Å². The average Bonchev–Trinajstić information content (AvgIpc) is 2.15. The van der Waals surface area contributed by atoms with E-state index in [1.54, 1.807) is 0 Å². The topological polar surface area (TPSA) is 42.4 Å². The highest BCUT2D eigenvalue weighted by atomic mass is 35.5. The van der Waals surface area contributed by atoms with Crippen molar-refractivity contribution in [3.63, 3.8) is 0 Å². The fourth-order valence-corrected chi connectivity index (χ4v) is 1.25. The maximum Gasteiger partial charge on any atom is 0.418 e. The highest BCUT2D eigenvalue weighted by Crippen LogP contribution is 2.39. The van der Waals surface area contributed by atoms with E-state index in [4.69, 9.17) is 16.7 Å². The van der Waals surface area contributed by atoms with Crippen LogP contribution in [0.5, 0.6) is 5.88 Å². The molecule has 1 atom stereocenters. The summed E-state index contributed by atoms with van der Waals surface area (Å²) in [6.07, 6.45) is -6.32. The summed E-state index contributed by atoms with van der Waals surface area (Å²) in [6.45, 7) is 0. The first kappa shape index (κ1) is 12.1. The lowest BCUT2D eigenvalue weighted by Gasteiger charge is -2.17. The molecule has 1 unspecified atom stereocenters. The molecule has 0 aromatic carbocycles. The van der Waals surface area contributed by atoms with E-state index >= 15 is 0 Å². The van der Waals surface area contributed by atoms with Crippen LogP contribution in [-0.4, -0.2) is 23.4 Å². The van der Waals surface area contributed by atoms with Crippen LogP contribution in [0.3, 0.4) is 0 Å². The summed E-state index contributed by atoms with van der Waals surface area (Å²) in [7, 11) is 1.14. The van der Waals surface area contributed by atoms with E-state index < -0.39 is 17.8 Å². The molecule has 1 rings (SSSR count). The van der Waals surface area contributed by atoms with Crippen LogP contribution in [0.2, 0.25) is 5.02 Å². The monoisotopic (exact) mass is 241 g/mol. The van der Waals surface area contributed by atoms with Crippen LogP contribution in [0.15, 0.2) is 12.3 Å².